The molecule has 1 aromatic heterocycles. The molecular formula is C8H8FNO2S. The molecule has 1 unspecified atom stereocenters. The second-order valence-electron chi connectivity index (χ2n) is 2.57. The first kappa shape index (κ1) is 9.98. The van der Waals surface area contributed by atoms with Gasteiger partial charge in [0.15, 0.2) is 0 Å². The van der Waals surface area contributed by atoms with Crippen LogP contribution < -0.4 is 0 Å². The number of carboxylic acid groups (broad SMARTS) is 1. The minimum atomic E-state index is -1.19. The van der Waals surface area contributed by atoms with Crippen molar-refractivity contribution in [3.8, 4) is 0 Å². The van der Waals surface area contributed by atoms with Crippen molar-refractivity contribution in [2.75, 3.05) is 0 Å². The third-order valence-corrected chi connectivity index (χ3v) is 1.76. The SMILES string of the molecule is CC(S)c1ncc(C(=O)O)cc1F. The Morgan fingerprint density at radius 2 is 2.38 bits per heavy atom. The third-order valence-electron chi connectivity index (χ3n) is 1.51. The number of thiol groups is 1. The zero-order valence-electron chi connectivity index (χ0n) is 6.86. The molecule has 0 spiro atoms. The number of rotatable bonds is 2. The Hall–Kier alpha value is -1.10. The first-order valence-electron chi connectivity index (χ1n) is 3.59. The first-order valence-corrected chi connectivity index (χ1v) is 4.11. The van der Waals surface area contributed by atoms with Crippen molar-refractivity contribution in [1.29, 1.82) is 0 Å². The monoisotopic (exact) mass is 201 g/mol. The van der Waals surface area contributed by atoms with Crippen molar-refractivity contribution in [1.82, 2.24) is 4.98 Å². The van der Waals surface area contributed by atoms with Crippen LogP contribution in [-0.2, 0) is 0 Å². The van der Waals surface area contributed by atoms with Gasteiger partial charge < -0.3 is 5.11 Å². The molecule has 3 nitrogen and oxygen atoms in total. The number of nitrogens with zero attached hydrogens (tertiary/aromatic N) is 1. The molecule has 0 aliphatic carbocycles. The molecule has 1 N–H and O–H groups in total. The summed E-state index contributed by atoms with van der Waals surface area (Å²) in [4.78, 5) is 14.1. The van der Waals surface area contributed by atoms with E-state index in [1.807, 2.05) is 0 Å². The molecule has 0 saturated carbocycles. The molecule has 70 valence electrons. The molecule has 0 aromatic carbocycles. The average Bonchev–Trinajstić information content (AvgIpc) is 2.03. The van der Waals surface area contributed by atoms with Gasteiger partial charge >= 0.3 is 5.97 Å². The van der Waals surface area contributed by atoms with Crippen LogP contribution in [0.25, 0.3) is 0 Å². The van der Waals surface area contributed by atoms with Gasteiger partial charge in [0.05, 0.1) is 11.3 Å². The lowest BCUT2D eigenvalue weighted by atomic mass is 10.2. The van der Waals surface area contributed by atoms with Crippen LogP contribution in [0, 0.1) is 5.82 Å². The zero-order chi connectivity index (χ0) is 10.0. The van der Waals surface area contributed by atoms with E-state index < -0.39 is 11.8 Å². The molecule has 0 aliphatic rings. The van der Waals surface area contributed by atoms with Crippen LogP contribution in [0.2, 0.25) is 0 Å². The van der Waals surface area contributed by atoms with Crippen LogP contribution in [0.4, 0.5) is 4.39 Å². The largest absolute Gasteiger partial charge is 0.478 e. The number of pyridine rings is 1. The number of carboxylic acids is 1. The number of halogens is 1. The smallest absolute Gasteiger partial charge is 0.337 e. The number of carbonyl (C=O) groups is 1. The molecule has 1 atom stereocenters. The normalized spacial score (nSPS) is 12.5. The highest BCUT2D eigenvalue weighted by molar-refractivity contribution is 7.80. The van der Waals surface area contributed by atoms with Crippen molar-refractivity contribution in [3.63, 3.8) is 0 Å². The van der Waals surface area contributed by atoms with Crippen molar-refractivity contribution in [3.05, 3.63) is 29.3 Å². The summed E-state index contributed by atoms with van der Waals surface area (Å²) in [5.41, 5.74) is 0.00330. The maximum Gasteiger partial charge on any atom is 0.337 e. The third kappa shape index (κ3) is 2.18. The molecule has 1 heterocycles. The van der Waals surface area contributed by atoms with Crippen LogP contribution in [0.3, 0.4) is 0 Å². The van der Waals surface area contributed by atoms with Crippen LogP contribution in [0.5, 0.6) is 0 Å². The Labute approximate surface area is 80.0 Å². The van der Waals surface area contributed by atoms with E-state index in [0.29, 0.717) is 0 Å². The van der Waals surface area contributed by atoms with Gasteiger partial charge in [0.2, 0.25) is 0 Å². The summed E-state index contributed by atoms with van der Waals surface area (Å²) in [6.45, 7) is 1.66. The molecule has 0 radical (unpaired) electrons. The standard InChI is InChI=1S/C8H8FNO2S/c1-4(13)7-6(9)2-5(3-10-7)8(11)12/h2-4,13H,1H3,(H,11,12). The Morgan fingerprint density at radius 3 is 2.77 bits per heavy atom. The molecular weight excluding hydrogens is 193 g/mol. The van der Waals surface area contributed by atoms with Gasteiger partial charge in [0, 0.05) is 11.4 Å². The Balaban J connectivity index is 3.13. The number of hydrogen-bond donors (Lipinski definition) is 2. The predicted molar refractivity (Wildman–Crippen MR) is 48.6 cm³/mol. The highest BCUT2D eigenvalue weighted by atomic mass is 32.1. The lowest BCUT2D eigenvalue weighted by Gasteiger charge is -2.04. The van der Waals surface area contributed by atoms with Crippen molar-refractivity contribution >= 4 is 18.6 Å². The van der Waals surface area contributed by atoms with Crippen molar-refractivity contribution < 1.29 is 14.3 Å². The average molecular weight is 201 g/mol. The minimum Gasteiger partial charge on any atom is -0.478 e. The van der Waals surface area contributed by atoms with E-state index >= 15 is 0 Å². The van der Waals surface area contributed by atoms with Crippen LogP contribution in [0.1, 0.15) is 28.2 Å². The van der Waals surface area contributed by atoms with Crippen molar-refractivity contribution in [2.45, 2.75) is 12.2 Å². The first-order chi connectivity index (χ1) is 6.02. The van der Waals surface area contributed by atoms with E-state index in [1.54, 1.807) is 6.92 Å². The highest BCUT2D eigenvalue weighted by Gasteiger charge is 2.12. The fourth-order valence-corrected chi connectivity index (χ4v) is 1.06. The van der Waals surface area contributed by atoms with Crippen LogP contribution in [0.15, 0.2) is 12.3 Å². The molecule has 0 aliphatic heterocycles. The molecule has 1 rings (SSSR count). The molecule has 0 fully saturated rings. The van der Waals surface area contributed by atoms with E-state index in [2.05, 4.69) is 17.6 Å². The number of aromatic nitrogens is 1. The van der Waals surface area contributed by atoms with E-state index in [0.717, 1.165) is 12.3 Å². The van der Waals surface area contributed by atoms with E-state index in [4.69, 9.17) is 5.11 Å². The molecule has 0 saturated heterocycles. The van der Waals surface area contributed by atoms with Crippen LogP contribution >= 0.6 is 12.6 Å². The second kappa shape index (κ2) is 3.74. The topological polar surface area (TPSA) is 50.2 Å². The maximum atomic E-state index is 13.1. The summed E-state index contributed by atoms with van der Waals surface area (Å²) in [7, 11) is 0. The van der Waals surface area contributed by atoms with Crippen molar-refractivity contribution in [2.24, 2.45) is 0 Å². The van der Waals surface area contributed by atoms with Crippen LogP contribution in [-0.4, -0.2) is 16.1 Å². The maximum absolute atomic E-state index is 13.1. The van der Waals surface area contributed by atoms with E-state index in [1.165, 1.54) is 0 Å². The fraction of sp³-hybridized carbons (Fsp3) is 0.250. The van der Waals surface area contributed by atoms with Gasteiger partial charge in [-0.15, -0.1) is 0 Å². The predicted octanol–water partition coefficient (Wildman–Crippen LogP) is 1.91. The molecule has 0 amide bonds. The van der Waals surface area contributed by atoms with Gasteiger partial charge in [-0.1, -0.05) is 0 Å². The molecule has 1 aromatic rings. The van der Waals surface area contributed by atoms with Gasteiger partial charge in [-0.3, -0.25) is 4.98 Å². The Kier molecular flexibility index (Phi) is 2.87. The number of aromatic carboxylic acids is 1. The van der Waals surface area contributed by atoms with Gasteiger partial charge in [0.25, 0.3) is 0 Å². The minimum absolute atomic E-state index is 0.157. The highest BCUT2D eigenvalue weighted by Crippen LogP contribution is 2.19. The Morgan fingerprint density at radius 1 is 1.77 bits per heavy atom. The lowest BCUT2D eigenvalue weighted by molar-refractivity contribution is 0.0696. The summed E-state index contributed by atoms with van der Waals surface area (Å²) in [6.07, 6.45) is 1.12. The quantitative estimate of drug-likeness (QED) is 0.718. The summed E-state index contributed by atoms with van der Waals surface area (Å²) in [6, 6.07) is 0.942. The number of hydrogen-bond acceptors (Lipinski definition) is 3. The van der Waals surface area contributed by atoms with E-state index in [9.17, 15) is 9.18 Å². The molecule has 5 heteroatoms. The lowest BCUT2D eigenvalue weighted by Crippen LogP contribution is -2.02. The Bertz CT molecular complexity index is 341. The summed E-state index contributed by atoms with van der Waals surface area (Å²) in [5.74, 6) is -1.83. The molecule has 0 bridgehead atoms. The second-order valence-corrected chi connectivity index (χ2v) is 3.35. The summed E-state index contributed by atoms with van der Waals surface area (Å²) < 4.78 is 13.1. The zero-order valence-corrected chi connectivity index (χ0v) is 7.75. The van der Waals surface area contributed by atoms with E-state index in [-0.39, 0.29) is 16.5 Å². The van der Waals surface area contributed by atoms with Gasteiger partial charge in [0.1, 0.15) is 5.82 Å². The fourth-order valence-electron chi connectivity index (χ4n) is 0.873. The van der Waals surface area contributed by atoms with Gasteiger partial charge in [-0.2, -0.15) is 12.6 Å². The summed E-state index contributed by atoms with van der Waals surface area (Å²) in [5, 5.41) is 8.17. The summed E-state index contributed by atoms with van der Waals surface area (Å²) >= 11 is 3.99. The molecule has 13 heavy (non-hydrogen) atoms. The van der Waals surface area contributed by atoms with Gasteiger partial charge in [-0.25, -0.2) is 9.18 Å². The van der Waals surface area contributed by atoms with Gasteiger partial charge in [-0.05, 0) is 13.0 Å².